The Morgan fingerprint density at radius 2 is 1.76 bits per heavy atom. The van der Waals surface area contributed by atoms with Crippen LogP contribution in [0.4, 0.5) is 4.39 Å². The lowest BCUT2D eigenvalue weighted by Gasteiger charge is -2.22. The molecule has 9 nitrogen and oxygen atoms in total. The number of nitrogens with one attached hydrogen (secondary N) is 1. The highest BCUT2D eigenvalue weighted by Gasteiger charge is 2.31. The summed E-state index contributed by atoms with van der Waals surface area (Å²) in [6.45, 7) is 1.11. The van der Waals surface area contributed by atoms with Crippen LogP contribution in [0.5, 0.6) is 0 Å². The average Bonchev–Trinajstić information content (AvgIpc) is 2.94. The van der Waals surface area contributed by atoms with Gasteiger partial charge in [0.2, 0.25) is 15.9 Å². The van der Waals surface area contributed by atoms with E-state index < -0.39 is 25.9 Å². The Balaban J connectivity index is 1.36. The van der Waals surface area contributed by atoms with E-state index in [1.165, 1.54) is 22.5 Å². The summed E-state index contributed by atoms with van der Waals surface area (Å²) in [5.41, 5.74) is 0.473. The molecule has 0 aliphatic carbocycles. The number of hydrogen-bond donors (Lipinski definition) is 1. The number of aliphatic imine (C=N–C) groups is 1. The predicted octanol–water partition coefficient (Wildman–Crippen LogP) is 1.18. The molecule has 33 heavy (non-hydrogen) atoms. The second-order valence-electron chi connectivity index (χ2n) is 7.67. The van der Waals surface area contributed by atoms with Crippen molar-refractivity contribution in [3.05, 3.63) is 59.9 Å². The fraction of sp³-hybridized carbons (Fsp3) is 0.333. The zero-order chi connectivity index (χ0) is 23.6. The number of fused-ring (bicyclic) bond motifs is 1. The van der Waals surface area contributed by atoms with Crippen molar-refractivity contribution >= 4 is 31.8 Å². The molecule has 0 atom stereocenters. The molecule has 0 aromatic heterocycles. The molecule has 2 heterocycles. The zero-order valence-electron chi connectivity index (χ0n) is 17.6. The van der Waals surface area contributed by atoms with Crippen molar-refractivity contribution < 1.29 is 26.0 Å². The van der Waals surface area contributed by atoms with Crippen LogP contribution in [0.25, 0.3) is 0 Å². The summed E-state index contributed by atoms with van der Waals surface area (Å²) in [6.07, 6.45) is 0.534. The number of amides is 1. The van der Waals surface area contributed by atoms with E-state index in [0.29, 0.717) is 18.5 Å². The van der Waals surface area contributed by atoms with E-state index in [2.05, 4.69) is 9.71 Å². The minimum absolute atomic E-state index is 0.0128. The summed E-state index contributed by atoms with van der Waals surface area (Å²) in [4.78, 5) is 18.7. The highest BCUT2D eigenvalue weighted by molar-refractivity contribution is 7.90. The number of benzene rings is 2. The Morgan fingerprint density at radius 3 is 2.52 bits per heavy atom. The number of sulfonamides is 2. The van der Waals surface area contributed by atoms with Crippen LogP contribution >= 0.6 is 0 Å². The number of rotatable bonds is 5. The molecule has 1 N–H and O–H groups in total. The van der Waals surface area contributed by atoms with E-state index in [9.17, 15) is 26.0 Å². The van der Waals surface area contributed by atoms with E-state index in [1.54, 1.807) is 23.1 Å². The van der Waals surface area contributed by atoms with Gasteiger partial charge in [-0.15, -0.1) is 0 Å². The monoisotopic (exact) mass is 494 g/mol. The van der Waals surface area contributed by atoms with Gasteiger partial charge in [-0.3, -0.25) is 14.5 Å². The van der Waals surface area contributed by atoms with Crippen LogP contribution in [0.2, 0.25) is 0 Å². The number of nitrogens with zero attached hydrogens (tertiary/aromatic N) is 3. The molecule has 12 heteroatoms. The summed E-state index contributed by atoms with van der Waals surface area (Å²) in [5, 5.41) is 0. The molecule has 0 spiro atoms. The van der Waals surface area contributed by atoms with Gasteiger partial charge in [-0.2, -0.15) is 4.31 Å². The third kappa shape index (κ3) is 4.92. The molecule has 2 aromatic carbocycles. The molecule has 1 fully saturated rings. The molecule has 2 aliphatic rings. The Morgan fingerprint density at radius 1 is 1.03 bits per heavy atom. The third-order valence-corrected chi connectivity index (χ3v) is 8.83. The molecule has 2 aromatic rings. The second-order valence-corrected chi connectivity index (χ2v) is 11.3. The third-order valence-electron chi connectivity index (χ3n) is 5.52. The fourth-order valence-electron chi connectivity index (χ4n) is 3.81. The first-order valence-electron chi connectivity index (χ1n) is 10.4. The molecule has 0 unspecified atom stereocenters. The maximum atomic E-state index is 13.1. The molecule has 176 valence electrons. The first kappa shape index (κ1) is 23.3. The molecule has 0 radical (unpaired) electrons. The van der Waals surface area contributed by atoms with Crippen molar-refractivity contribution in [1.29, 1.82) is 0 Å². The number of hydrogen-bond acceptors (Lipinski definition) is 6. The molecule has 1 amide bonds. The SMILES string of the molecule is O=C(CCN=C1NS(=O)(=O)c2ccccc21)N1CCCN(S(=O)(=O)c2ccc(F)cc2)CC1. The van der Waals surface area contributed by atoms with Gasteiger partial charge in [0, 0.05) is 38.2 Å². The van der Waals surface area contributed by atoms with Crippen molar-refractivity contribution in [2.75, 3.05) is 32.7 Å². The largest absolute Gasteiger partial charge is 0.341 e. The fourth-order valence-corrected chi connectivity index (χ4v) is 6.53. The van der Waals surface area contributed by atoms with Crippen LogP contribution in [0.3, 0.4) is 0 Å². The van der Waals surface area contributed by atoms with Crippen LogP contribution in [0.15, 0.2) is 63.3 Å². The minimum atomic E-state index is -3.78. The molecule has 0 bridgehead atoms. The van der Waals surface area contributed by atoms with E-state index in [0.717, 1.165) is 12.1 Å². The van der Waals surface area contributed by atoms with Crippen LogP contribution in [-0.2, 0) is 24.8 Å². The number of carbonyl (C=O) groups excluding carboxylic acids is 1. The topological polar surface area (TPSA) is 116 Å². The summed E-state index contributed by atoms with van der Waals surface area (Å²) in [7, 11) is -7.41. The van der Waals surface area contributed by atoms with Gasteiger partial charge in [0.05, 0.1) is 16.3 Å². The van der Waals surface area contributed by atoms with Gasteiger partial charge in [-0.1, -0.05) is 12.1 Å². The average molecular weight is 495 g/mol. The Hall–Kier alpha value is -2.83. The van der Waals surface area contributed by atoms with Crippen LogP contribution in [0, 0.1) is 5.82 Å². The van der Waals surface area contributed by atoms with Crippen LogP contribution in [-0.4, -0.2) is 70.5 Å². The molecule has 0 saturated carbocycles. The van der Waals surface area contributed by atoms with Gasteiger partial charge in [0.15, 0.2) is 0 Å². The van der Waals surface area contributed by atoms with Gasteiger partial charge in [-0.05, 0) is 42.8 Å². The standard InChI is InChI=1S/C21H23FN4O5S2/c22-16-6-8-17(9-7-16)33(30,31)26-13-3-12-25(14-15-26)20(27)10-11-23-21-18-4-1-2-5-19(18)32(28,29)24-21/h1-2,4-9H,3,10-15H2,(H,23,24). The van der Waals surface area contributed by atoms with Gasteiger partial charge in [-0.25, -0.2) is 21.2 Å². The van der Waals surface area contributed by atoms with Crippen molar-refractivity contribution in [3.8, 4) is 0 Å². The van der Waals surface area contributed by atoms with Gasteiger partial charge in [0.25, 0.3) is 10.0 Å². The van der Waals surface area contributed by atoms with Gasteiger partial charge < -0.3 is 4.90 Å². The van der Waals surface area contributed by atoms with Crippen LogP contribution < -0.4 is 4.72 Å². The molecular formula is C21H23FN4O5S2. The van der Waals surface area contributed by atoms with Crippen molar-refractivity contribution in [1.82, 2.24) is 13.9 Å². The predicted molar refractivity (Wildman–Crippen MR) is 119 cm³/mol. The molecule has 4 rings (SSSR count). The summed E-state index contributed by atoms with van der Waals surface area (Å²) >= 11 is 0. The highest BCUT2D eigenvalue weighted by Crippen LogP contribution is 2.22. The van der Waals surface area contributed by atoms with Gasteiger partial charge >= 0.3 is 0 Å². The Bertz CT molecular complexity index is 1290. The normalized spacial score (nSPS) is 19.7. The summed E-state index contributed by atoms with van der Waals surface area (Å²) in [5.74, 6) is -0.487. The lowest BCUT2D eigenvalue weighted by atomic mass is 10.2. The minimum Gasteiger partial charge on any atom is -0.341 e. The molecule has 2 aliphatic heterocycles. The molecule has 1 saturated heterocycles. The first-order valence-corrected chi connectivity index (χ1v) is 13.3. The Kier molecular flexibility index (Phi) is 6.50. The number of amidine groups is 1. The zero-order valence-corrected chi connectivity index (χ0v) is 19.3. The maximum absolute atomic E-state index is 13.1. The van der Waals surface area contributed by atoms with E-state index in [1.807, 2.05) is 0 Å². The molecular weight excluding hydrogens is 471 g/mol. The first-order chi connectivity index (χ1) is 15.7. The summed E-state index contributed by atoms with van der Waals surface area (Å²) in [6, 6.07) is 11.1. The highest BCUT2D eigenvalue weighted by atomic mass is 32.2. The van der Waals surface area contributed by atoms with E-state index in [4.69, 9.17) is 0 Å². The van der Waals surface area contributed by atoms with Crippen molar-refractivity contribution in [3.63, 3.8) is 0 Å². The van der Waals surface area contributed by atoms with Crippen LogP contribution in [0.1, 0.15) is 18.4 Å². The van der Waals surface area contributed by atoms with Gasteiger partial charge in [0.1, 0.15) is 11.7 Å². The number of halogens is 1. The number of carbonyl (C=O) groups is 1. The second kappa shape index (κ2) is 9.20. The maximum Gasteiger partial charge on any atom is 0.263 e. The smallest absolute Gasteiger partial charge is 0.263 e. The lowest BCUT2D eigenvalue weighted by Crippen LogP contribution is -2.37. The van der Waals surface area contributed by atoms with Crippen molar-refractivity contribution in [2.45, 2.75) is 22.6 Å². The van der Waals surface area contributed by atoms with E-state index >= 15 is 0 Å². The summed E-state index contributed by atoms with van der Waals surface area (Å²) < 4.78 is 66.8. The Labute approximate surface area is 192 Å². The van der Waals surface area contributed by atoms with Crippen molar-refractivity contribution in [2.24, 2.45) is 4.99 Å². The lowest BCUT2D eigenvalue weighted by molar-refractivity contribution is -0.130. The quantitative estimate of drug-likeness (QED) is 0.670. The van der Waals surface area contributed by atoms with E-state index in [-0.39, 0.29) is 54.1 Å².